The van der Waals surface area contributed by atoms with E-state index in [2.05, 4.69) is 20.3 Å². The van der Waals surface area contributed by atoms with Crippen LogP contribution in [0.4, 0.5) is 24.8 Å². The Morgan fingerprint density at radius 1 is 1.30 bits per heavy atom. The van der Waals surface area contributed by atoms with E-state index in [0.29, 0.717) is 13.0 Å². The van der Waals surface area contributed by atoms with Crippen molar-refractivity contribution in [2.45, 2.75) is 19.5 Å². The molecule has 0 saturated carbocycles. The number of nitrogens with one attached hydrogen (secondary N) is 1. The number of aromatic nitrogens is 3. The van der Waals surface area contributed by atoms with E-state index in [9.17, 15) is 13.2 Å². The minimum Gasteiger partial charge on any atom is -0.384 e. The summed E-state index contributed by atoms with van der Waals surface area (Å²) in [5.41, 5.74) is 6.27. The second kappa shape index (κ2) is 5.61. The molecule has 0 amide bonds. The Hall–Kier alpha value is -1.90. The normalized spacial score (nSPS) is 11.6. The first-order valence-corrected chi connectivity index (χ1v) is 6.59. The summed E-state index contributed by atoms with van der Waals surface area (Å²) in [4.78, 5) is 10.8. The molecule has 0 atom stereocenters. The molecule has 0 bridgehead atoms. The molecule has 0 saturated heterocycles. The quantitative estimate of drug-likeness (QED) is 0.907. The van der Waals surface area contributed by atoms with E-state index in [-0.39, 0.29) is 11.6 Å². The number of hydrogen-bond donors (Lipinski definition) is 2. The van der Waals surface area contributed by atoms with Gasteiger partial charge in [0.05, 0.1) is 5.01 Å². The highest BCUT2D eigenvalue weighted by molar-refractivity contribution is 7.09. The number of rotatable bonds is 4. The standard InChI is InChI=1S/C11H12F3N5S/c1-6-5-20-9(17-6)2-3-16-8-4-7(15)18-10(19-8)11(12,13)14/h4-5H,2-3H2,1H3,(H3,15,16,18,19). The third kappa shape index (κ3) is 3.80. The summed E-state index contributed by atoms with van der Waals surface area (Å²) in [5.74, 6) is -1.41. The minimum atomic E-state index is -4.61. The Bertz CT molecular complexity index is 596. The first-order valence-electron chi connectivity index (χ1n) is 5.71. The molecule has 0 aliphatic carbocycles. The molecule has 0 radical (unpaired) electrons. The third-order valence-corrected chi connectivity index (χ3v) is 3.34. The third-order valence-electron chi connectivity index (χ3n) is 2.31. The molecule has 0 aliphatic rings. The Morgan fingerprint density at radius 2 is 2.05 bits per heavy atom. The number of halogens is 3. The van der Waals surface area contributed by atoms with Crippen LogP contribution in [-0.4, -0.2) is 21.5 Å². The number of thiazole rings is 1. The van der Waals surface area contributed by atoms with Crippen molar-refractivity contribution in [1.82, 2.24) is 15.0 Å². The van der Waals surface area contributed by atoms with Gasteiger partial charge < -0.3 is 11.1 Å². The van der Waals surface area contributed by atoms with Crippen molar-refractivity contribution >= 4 is 23.0 Å². The smallest absolute Gasteiger partial charge is 0.384 e. The number of nitrogens with two attached hydrogens (primary N) is 1. The molecule has 3 N–H and O–H groups in total. The van der Waals surface area contributed by atoms with Gasteiger partial charge in [-0.25, -0.2) is 15.0 Å². The first kappa shape index (κ1) is 14.5. The Morgan fingerprint density at radius 3 is 2.65 bits per heavy atom. The van der Waals surface area contributed by atoms with Crippen molar-refractivity contribution < 1.29 is 13.2 Å². The van der Waals surface area contributed by atoms with E-state index in [1.54, 1.807) is 0 Å². The second-order valence-electron chi connectivity index (χ2n) is 4.06. The summed E-state index contributed by atoms with van der Waals surface area (Å²) in [5, 5.41) is 5.62. The maximum absolute atomic E-state index is 12.5. The molecule has 0 aliphatic heterocycles. The highest BCUT2D eigenvalue weighted by atomic mass is 32.1. The summed E-state index contributed by atoms with van der Waals surface area (Å²) < 4.78 is 37.6. The van der Waals surface area contributed by atoms with Crippen LogP contribution in [-0.2, 0) is 12.6 Å². The minimum absolute atomic E-state index is 0.0538. The monoisotopic (exact) mass is 303 g/mol. The van der Waals surface area contributed by atoms with Gasteiger partial charge in [-0.3, -0.25) is 0 Å². The molecule has 0 unspecified atom stereocenters. The van der Waals surface area contributed by atoms with Gasteiger partial charge in [0.1, 0.15) is 11.6 Å². The number of alkyl halides is 3. The topological polar surface area (TPSA) is 76.7 Å². The van der Waals surface area contributed by atoms with Crippen LogP contribution in [0, 0.1) is 6.92 Å². The molecule has 20 heavy (non-hydrogen) atoms. The van der Waals surface area contributed by atoms with Crippen molar-refractivity contribution in [1.29, 1.82) is 0 Å². The second-order valence-corrected chi connectivity index (χ2v) is 5.00. The Kier molecular flexibility index (Phi) is 4.07. The fraction of sp³-hybridized carbons (Fsp3) is 0.364. The molecular weight excluding hydrogens is 291 g/mol. The average molecular weight is 303 g/mol. The van der Waals surface area contributed by atoms with Crippen LogP contribution in [0.15, 0.2) is 11.4 Å². The van der Waals surface area contributed by atoms with E-state index >= 15 is 0 Å². The van der Waals surface area contributed by atoms with Gasteiger partial charge in [-0.1, -0.05) is 0 Å². The van der Waals surface area contributed by atoms with Crippen molar-refractivity contribution in [3.63, 3.8) is 0 Å². The van der Waals surface area contributed by atoms with Crippen LogP contribution in [0.25, 0.3) is 0 Å². The van der Waals surface area contributed by atoms with Crippen LogP contribution >= 0.6 is 11.3 Å². The largest absolute Gasteiger partial charge is 0.451 e. The summed E-state index contributed by atoms with van der Waals surface area (Å²) in [7, 11) is 0. The predicted molar refractivity (Wildman–Crippen MR) is 70.5 cm³/mol. The lowest BCUT2D eigenvalue weighted by Crippen LogP contribution is -2.15. The molecule has 0 spiro atoms. The lowest BCUT2D eigenvalue weighted by Gasteiger charge is -2.09. The first-order chi connectivity index (χ1) is 9.34. The zero-order valence-electron chi connectivity index (χ0n) is 10.5. The highest BCUT2D eigenvalue weighted by Crippen LogP contribution is 2.27. The Balaban J connectivity index is 2.00. The highest BCUT2D eigenvalue weighted by Gasteiger charge is 2.35. The van der Waals surface area contributed by atoms with Gasteiger partial charge in [0, 0.05) is 30.1 Å². The molecule has 2 heterocycles. The SMILES string of the molecule is Cc1csc(CCNc2cc(N)nc(C(F)(F)F)n2)n1. The molecule has 2 aromatic heterocycles. The van der Waals surface area contributed by atoms with Gasteiger partial charge in [-0.15, -0.1) is 11.3 Å². The Labute approximate surface area is 117 Å². The molecule has 2 rings (SSSR count). The van der Waals surface area contributed by atoms with E-state index < -0.39 is 12.0 Å². The van der Waals surface area contributed by atoms with Gasteiger partial charge >= 0.3 is 6.18 Å². The van der Waals surface area contributed by atoms with Gasteiger partial charge in [0.25, 0.3) is 0 Å². The summed E-state index contributed by atoms with van der Waals surface area (Å²) in [6.07, 6.45) is -4.01. The molecule has 108 valence electrons. The van der Waals surface area contributed by atoms with Gasteiger partial charge in [0.2, 0.25) is 5.82 Å². The van der Waals surface area contributed by atoms with E-state index in [0.717, 1.165) is 10.7 Å². The lowest BCUT2D eigenvalue weighted by molar-refractivity contribution is -0.144. The number of aryl methyl sites for hydroxylation is 1. The van der Waals surface area contributed by atoms with Crippen LogP contribution < -0.4 is 11.1 Å². The van der Waals surface area contributed by atoms with Crippen molar-refractivity contribution in [2.75, 3.05) is 17.6 Å². The van der Waals surface area contributed by atoms with Gasteiger partial charge in [-0.2, -0.15) is 13.2 Å². The van der Waals surface area contributed by atoms with E-state index in [4.69, 9.17) is 5.73 Å². The number of nitrogen functional groups attached to an aromatic ring is 1. The zero-order valence-corrected chi connectivity index (χ0v) is 11.3. The van der Waals surface area contributed by atoms with Crippen molar-refractivity contribution in [3.05, 3.63) is 28.0 Å². The summed E-state index contributed by atoms with van der Waals surface area (Å²) >= 11 is 1.51. The fourth-order valence-electron chi connectivity index (χ4n) is 1.50. The average Bonchev–Trinajstić information content (AvgIpc) is 2.73. The van der Waals surface area contributed by atoms with Crippen molar-refractivity contribution in [2.24, 2.45) is 0 Å². The van der Waals surface area contributed by atoms with Crippen LogP contribution in [0.3, 0.4) is 0 Å². The van der Waals surface area contributed by atoms with Crippen LogP contribution in [0.2, 0.25) is 0 Å². The van der Waals surface area contributed by atoms with E-state index in [1.807, 2.05) is 12.3 Å². The predicted octanol–water partition coefficient (Wildman–Crippen LogP) is 2.50. The molecule has 0 fully saturated rings. The maximum atomic E-state index is 12.5. The van der Waals surface area contributed by atoms with Crippen LogP contribution in [0.5, 0.6) is 0 Å². The summed E-state index contributed by atoms with van der Waals surface area (Å²) in [6.45, 7) is 2.30. The van der Waals surface area contributed by atoms with Gasteiger partial charge in [0.15, 0.2) is 0 Å². The number of anilines is 2. The molecule has 5 nitrogen and oxygen atoms in total. The zero-order chi connectivity index (χ0) is 14.8. The number of nitrogens with zero attached hydrogens (tertiary/aromatic N) is 3. The molecule has 2 aromatic rings. The molecule has 0 aromatic carbocycles. The van der Waals surface area contributed by atoms with E-state index in [1.165, 1.54) is 17.4 Å². The number of hydrogen-bond acceptors (Lipinski definition) is 6. The lowest BCUT2D eigenvalue weighted by atomic mass is 10.4. The molecule has 9 heteroatoms. The fourth-order valence-corrected chi connectivity index (χ4v) is 2.27. The maximum Gasteiger partial charge on any atom is 0.451 e. The van der Waals surface area contributed by atoms with Gasteiger partial charge in [-0.05, 0) is 6.92 Å². The van der Waals surface area contributed by atoms with Crippen molar-refractivity contribution in [3.8, 4) is 0 Å². The van der Waals surface area contributed by atoms with Crippen LogP contribution in [0.1, 0.15) is 16.5 Å². The summed E-state index contributed by atoms with van der Waals surface area (Å²) in [6, 6.07) is 1.27. The molecular formula is C11H12F3N5S.